The van der Waals surface area contributed by atoms with Gasteiger partial charge in [0.2, 0.25) is 5.91 Å². The number of halogens is 2. The highest BCUT2D eigenvalue weighted by Crippen LogP contribution is 2.30. The maximum absolute atomic E-state index is 14.0. The molecule has 4 N–H and O–H groups in total. The Kier molecular flexibility index (Phi) is 10.3. The second-order valence-electron chi connectivity index (χ2n) is 11.4. The van der Waals surface area contributed by atoms with Gasteiger partial charge in [-0.15, -0.1) is 0 Å². The lowest BCUT2D eigenvalue weighted by Gasteiger charge is -2.30. The number of amides is 2. The van der Waals surface area contributed by atoms with Crippen molar-refractivity contribution in [3.8, 4) is 0 Å². The number of imidazole rings is 1. The van der Waals surface area contributed by atoms with Gasteiger partial charge in [-0.05, 0) is 57.6 Å². The van der Waals surface area contributed by atoms with E-state index in [1.54, 1.807) is 6.07 Å². The molecule has 0 unspecified atom stereocenters. The van der Waals surface area contributed by atoms with Gasteiger partial charge in [-0.25, -0.2) is 14.2 Å². The number of morpholine rings is 1. The van der Waals surface area contributed by atoms with Crippen molar-refractivity contribution in [2.45, 2.75) is 36.9 Å². The summed E-state index contributed by atoms with van der Waals surface area (Å²) in [5.74, 6) is -0.481. The summed E-state index contributed by atoms with van der Waals surface area (Å²) >= 11 is 3.21. The van der Waals surface area contributed by atoms with Crippen molar-refractivity contribution in [1.29, 1.82) is 0 Å². The predicted molar refractivity (Wildman–Crippen MR) is 182 cm³/mol. The summed E-state index contributed by atoms with van der Waals surface area (Å²) in [7, 11) is 1.28. The third-order valence-electron chi connectivity index (χ3n) is 8.37. The smallest absolute Gasteiger partial charge is 0.407 e. The molecular weight excluding hydrogens is 665 g/mol. The molecule has 3 atom stereocenters. The SMILES string of the molecule is COC(=O)N[C@H](C(=O)Nc1ccccc1CC[C@@H]1CN[C@H](c2nc3cc(Br)c(F)cc3[nH]2)CO1)C(c1ccccc1)c1ccccc1. The van der Waals surface area contributed by atoms with Gasteiger partial charge in [-0.3, -0.25) is 4.79 Å². The fourth-order valence-electron chi connectivity index (χ4n) is 5.95. The van der Waals surface area contributed by atoms with Crippen molar-refractivity contribution >= 4 is 44.7 Å². The Balaban J connectivity index is 1.13. The molecule has 1 aliphatic heterocycles. The molecule has 0 saturated carbocycles. The first-order chi connectivity index (χ1) is 22.9. The Morgan fingerprint density at radius 1 is 1.02 bits per heavy atom. The van der Waals surface area contributed by atoms with Crippen molar-refractivity contribution in [3.63, 3.8) is 0 Å². The van der Waals surface area contributed by atoms with Crippen molar-refractivity contribution in [2.24, 2.45) is 0 Å². The van der Waals surface area contributed by atoms with E-state index < -0.39 is 18.1 Å². The molecule has 2 heterocycles. The number of rotatable bonds is 10. The van der Waals surface area contributed by atoms with Gasteiger partial charge < -0.3 is 30.4 Å². The highest BCUT2D eigenvalue weighted by Gasteiger charge is 2.33. The van der Waals surface area contributed by atoms with Crippen LogP contribution in [-0.2, 0) is 20.7 Å². The van der Waals surface area contributed by atoms with Gasteiger partial charge in [0.15, 0.2) is 0 Å². The van der Waals surface area contributed by atoms with Crippen molar-refractivity contribution in [3.05, 3.63) is 130 Å². The molecule has 11 heteroatoms. The van der Waals surface area contributed by atoms with Crippen LogP contribution < -0.4 is 16.0 Å². The molecule has 0 bridgehead atoms. The van der Waals surface area contributed by atoms with Crippen LogP contribution in [0, 0.1) is 5.82 Å². The van der Waals surface area contributed by atoms with E-state index >= 15 is 0 Å². The molecule has 0 radical (unpaired) electrons. The number of nitrogens with zero attached hydrogens (tertiary/aromatic N) is 1. The van der Waals surface area contributed by atoms with E-state index in [0.717, 1.165) is 16.7 Å². The number of aryl methyl sites for hydroxylation is 1. The van der Waals surface area contributed by atoms with Gasteiger partial charge in [0.05, 0.1) is 41.4 Å². The van der Waals surface area contributed by atoms with Crippen LogP contribution in [0.15, 0.2) is 102 Å². The Morgan fingerprint density at radius 2 is 1.70 bits per heavy atom. The standard InChI is InChI=1S/C36H35BrFN5O4/c1-46-36(45)43-33(32(23-11-4-2-5-12-23)24-13-6-3-7-14-24)35(44)42-28-15-9-8-10-22(28)16-17-25-20-39-31(21-47-25)34-40-29-18-26(37)27(38)19-30(29)41-34/h2-15,18-19,25,31-33,39H,16-17,20-21H2,1H3,(H,40,41)(H,42,44)(H,43,45)/t25-,31+,33+/m1/s1. The van der Waals surface area contributed by atoms with Crippen LogP contribution in [0.3, 0.4) is 0 Å². The number of aromatic nitrogens is 2. The molecule has 5 aromatic rings. The Bertz CT molecular complexity index is 1750. The average molecular weight is 701 g/mol. The molecule has 9 nitrogen and oxygen atoms in total. The lowest BCUT2D eigenvalue weighted by molar-refractivity contribution is -0.118. The van der Waals surface area contributed by atoms with Crippen LogP contribution in [0.2, 0.25) is 0 Å². The molecule has 0 spiro atoms. The molecule has 4 aromatic carbocycles. The number of alkyl carbamates (subject to hydrolysis) is 1. The highest BCUT2D eigenvalue weighted by molar-refractivity contribution is 9.10. The molecule has 242 valence electrons. The molecule has 1 fully saturated rings. The van der Waals surface area contributed by atoms with Gasteiger partial charge in [0.25, 0.3) is 0 Å². The number of H-pyrrole nitrogens is 1. The maximum Gasteiger partial charge on any atom is 0.407 e. The average Bonchev–Trinajstić information content (AvgIpc) is 3.51. The first-order valence-electron chi connectivity index (χ1n) is 15.4. The number of benzene rings is 4. The minimum atomic E-state index is -0.959. The Morgan fingerprint density at radius 3 is 2.36 bits per heavy atom. The van der Waals surface area contributed by atoms with E-state index in [0.29, 0.717) is 53.0 Å². The normalized spacial score (nSPS) is 16.9. The van der Waals surface area contributed by atoms with E-state index in [1.165, 1.54) is 13.2 Å². The van der Waals surface area contributed by atoms with Crippen LogP contribution in [-0.4, -0.2) is 54.4 Å². The number of ether oxygens (including phenoxy) is 2. The molecule has 1 saturated heterocycles. The van der Waals surface area contributed by atoms with Crippen LogP contribution in [0.5, 0.6) is 0 Å². The number of aromatic amines is 1. The van der Waals surface area contributed by atoms with Crippen molar-refractivity contribution in [1.82, 2.24) is 20.6 Å². The molecule has 2 amide bonds. The molecule has 47 heavy (non-hydrogen) atoms. The predicted octanol–water partition coefficient (Wildman–Crippen LogP) is 6.62. The summed E-state index contributed by atoms with van der Waals surface area (Å²) in [6.45, 7) is 1.02. The van der Waals surface area contributed by atoms with Crippen LogP contribution >= 0.6 is 15.9 Å². The molecule has 6 rings (SSSR count). The number of para-hydroxylation sites is 1. The Hall–Kier alpha value is -4.58. The lowest BCUT2D eigenvalue weighted by atomic mass is 9.84. The summed E-state index contributed by atoms with van der Waals surface area (Å²) in [6.07, 6.45) is 0.616. The van der Waals surface area contributed by atoms with Gasteiger partial charge in [-0.1, -0.05) is 78.9 Å². The van der Waals surface area contributed by atoms with E-state index in [2.05, 4.69) is 41.8 Å². The van der Waals surface area contributed by atoms with Crippen LogP contribution in [0.25, 0.3) is 11.0 Å². The van der Waals surface area contributed by atoms with Crippen molar-refractivity contribution in [2.75, 3.05) is 25.6 Å². The fraction of sp³-hybridized carbons (Fsp3) is 0.250. The monoisotopic (exact) mass is 699 g/mol. The second-order valence-corrected chi connectivity index (χ2v) is 12.3. The molecule has 0 aliphatic carbocycles. The second kappa shape index (κ2) is 14.9. The molecule has 1 aromatic heterocycles. The van der Waals surface area contributed by atoms with E-state index in [9.17, 15) is 14.0 Å². The van der Waals surface area contributed by atoms with Gasteiger partial charge >= 0.3 is 6.09 Å². The van der Waals surface area contributed by atoms with E-state index in [-0.39, 0.29) is 23.9 Å². The summed E-state index contributed by atoms with van der Waals surface area (Å²) < 4.78 is 25.5. The number of carbonyl (C=O) groups is 2. The summed E-state index contributed by atoms with van der Waals surface area (Å²) in [5, 5.41) is 9.37. The van der Waals surface area contributed by atoms with Crippen LogP contribution in [0.1, 0.15) is 40.9 Å². The zero-order valence-corrected chi connectivity index (χ0v) is 27.3. The highest BCUT2D eigenvalue weighted by atomic mass is 79.9. The minimum Gasteiger partial charge on any atom is -0.453 e. The first kappa shape index (κ1) is 32.4. The minimum absolute atomic E-state index is 0.0553. The number of fused-ring (bicyclic) bond motifs is 1. The van der Waals surface area contributed by atoms with E-state index in [1.807, 2.05) is 84.9 Å². The topological polar surface area (TPSA) is 117 Å². The maximum atomic E-state index is 14.0. The summed E-state index contributed by atoms with van der Waals surface area (Å²) in [5.41, 5.74) is 4.68. The number of carbonyl (C=O) groups excluding carboxylic acids is 2. The van der Waals surface area contributed by atoms with Gasteiger partial charge in [-0.2, -0.15) is 0 Å². The number of hydrogen-bond acceptors (Lipinski definition) is 6. The fourth-order valence-corrected chi connectivity index (χ4v) is 6.28. The number of hydrogen-bond donors (Lipinski definition) is 4. The zero-order valence-electron chi connectivity index (χ0n) is 25.7. The quantitative estimate of drug-likeness (QED) is 0.130. The van der Waals surface area contributed by atoms with E-state index in [4.69, 9.17) is 9.47 Å². The van der Waals surface area contributed by atoms with Gasteiger partial charge in [0, 0.05) is 24.2 Å². The number of methoxy groups -OCH3 is 1. The number of anilines is 1. The first-order valence-corrected chi connectivity index (χ1v) is 16.2. The molecular formula is C36H35BrFN5O4. The third kappa shape index (κ3) is 7.70. The lowest BCUT2D eigenvalue weighted by Crippen LogP contribution is -2.48. The zero-order chi connectivity index (χ0) is 32.8. The summed E-state index contributed by atoms with van der Waals surface area (Å²) in [6, 6.07) is 28.9. The van der Waals surface area contributed by atoms with Crippen LogP contribution in [0.4, 0.5) is 14.9 Å². The summed E-state index contributed by atoms with van der Waals surface area (Å²) in [4.78, 5) is 34.4. The number of nitrogens with one attached hydrogen (secondary N) is 4. The Labute approximate surface area is 280 Å². The van der Waals surface area contributed by atoms with Crippen molar-refractivity contribution < 1.29 is 23.5 Å². The third-order valence-corrected chi connectivity index (χ3v) is 8.97. The molecule has 1 aliphatic rings. The van der Waals surface area contributed by atoms with Gasteiger partial charge in [0.1, 0.15) is 17.7 Å². The largest absolute Gasteiger partial charge is 0.453 e.